The van der Waals surface area contributed by atoms with Gasteiger partial charge >= 0.3 is 0 Å². The topological polar surface area (TPSA) is 104 Å². The average Bonchev–Trinajstić information content (AvgIpc) is 3.20. The van der Waals surface area contributed by atoms with Gasteiger partial charge in [0.25, 0.3) is 0 Å². The zero-order valence-corrected chi connectivity index (χ0v) is 13.3. The van der Waals surface area contributed by atoms with Gasteiger partial charge in [-0.1, -0.05) is 6.58 Å². The summed E-state index contributed by atoms with van der Waals surface area (Å²) in [5, 5.41) is 16.6. The molecule has 3 rings (SSSR count). The summed E-state index contributed by atoms with van der Waals surface area (Å²) in [6, 6.07) is 7.75. The fourth-order valence-electron chi connectivity index (χ4n) is 2.64. The number of allylic oxidation sites excluding steroid dienone is 1. The summed E-state index contributed by atoms with van der Waals surface area (Å²) in [7, 11) is 1.77. The molecule has 3 N–H and O–H groups in total. The minimum atomic E-state index is 0.102. The zero-order valence-electron chi connectivity index (χ0n) is 13.3. The lowest BCUT2D eigenvalue weighted by Gasteiger charge is -2.07. The third-order valence-electron chi connectivity index (χ3n) is 3.78. The molecule has 1 aromatic heterocycles. The van der Waals surface area contributed by atoms with Crippen molar-refractivity contribution in [3.05, 3.63) is 53.7 Å². The smallest absolute Gasteiger partial charge is 0.222 e. The summed E-state index contributed by atoms with van der Waals surface area (Å²) < 4.78 is 1.60. The van der Waals surface area contributed by atoms with Gasteiger partial charge in [0.05, 0.1) is 23.2 Å². The lowest BCUT2D eigenvalue weighted by Crippen LogP contribution is -2.12. The Morgan fingerprint density at radius 3 is 3.04 bits per heavy atom. The maximum absolute atomic E-state index is 9.35. The summed E-state index contributed by atoms with van der Waals surface area (Å²) in [6.45, 7) is 4.63. The van der Waals surface area contributed by atoms with Crippen LogP contribution < -0.4 is 11.1 Å². The fourth-order valence-corrected chi connectivity index (χ4v) is 2.64. The number of guanidine groups is 1. The summed E-state index contributed by atoms with van der Waals surface area (Å²) >= 11 is 0. The highest BCUT2D eigenvalue weighted by Gasteiger charge is 2.17. The van der Waals surface area contributed by atoms with E-state index in [1.165, 1.54) is 0 Å². The SMILES string of the molecule is C=C/C(=N\C(N)=N/c1ccnn1C)c1cc(C#N)c2c(c1)CCN2. The number of nitriles is 1. The van der Waals surface area contributed by atoms with Crippen molar-refractivity contribution in [3.63, 3.8) is 0 Å². The largest absolute Gasteiger partial charge is 0.383 e. The first-order chi connectivity index (χ1) is 11.6. The van der Waals surface area contributed by atoms with Crippen LogP contribution in [0.2, 0.25) is 0 Å². The quantitative estimate of drug-likeness (QED) is 0.665. The average molecular weight is 319 g/mol. The molecule has 0 unspecified atom stereocenters. The third kappa shape index (κ3) is 2.90. The Balaban J connectivity index is 2.00. The molecule has 0 saturated carbocycles. The van der Waals surface area contributed by atoms with Crippen LogP contribution in [0.1, 0.15) is 16.7 Å². The van der Waals surface area contributed by atoms with Crippen LogP contribution >= 0.6 is 0 Å². The van der Waals surface area contributed by atoms with Crippen molar-refractivity contribution in [1.29, 1.82) is 5.26 Å². The predicted octanol–water partition coefficient (Wildman–Crippen LogP) is 1.88. The van der Waals surface area contributed by atoms with Gasteiger partial charge in [0.2, 0.25) is 5.96 Å². The van der Waals surface area contributed by atoms with E-state index < -0.39 is 0 Å². The molecule has 2 heterocycles. The number of aryl methyl sites for hydroxylation is 1. The predicted molar refractivity (Wildman–Crippen MR) is 94.6 cm³/mol. The molecule has 0 bridgehead atoms. The minimum absolute atomic E-state index is 0.102. The van der Waals surface area contributed by atoms with Crippen molar-refractivity contribution in [2.24, 2.45) is 22.8 Å². The Kier molecular flexibility index (Phi) is 4.12. The van der Waals surface area contributed by atoms with Gasteiger partial charge in [-0.25, -0.2) is 4.99 Å². The number of hydrogen-bond acceptors (Lipinski definition) is 4. The molecular formula is C17H17N7. The lowest BCUT2D eigenvalue weighted by atomic mass is 10.0. The molecule has 1 aliphatic rings. The molecule has 0 amide bonds. The number of rotatable bonds is 3. The number of aliphatic imine (C=N–C) groups is 2. The lowest BCUT2D eigenvalue weighted by molar-refractivity contribution is 0.770. The van der Waals surface area contributed by atoms with Gasteiger partial charge in [0.15, 0.2) is 5.82 Å². The van der Waals surface area contributed by atoms with E-state index in [0.29, 0.717) is 17.1 Å². The number of anilines is 1. The Bertz CT molecular complexity index is 896. The Hall–Kier alpha value is -3.40. The zero-order chi connectivity index (χ0) is 17.1. The second kappa shape index (κ2) is 6.38. The molecular weight excluding hydrogens is 302 g/mol. The molecule has 1 aliphatic heterocycles. The Labute approximate surface area is 139 Å². The van der Waals surface area contributed by atoms with Crippen molar-refractivity contribution in [2.45, 2.75) is 6.42 Å². The van der Waals surface area contributed by atoms with Crippen LogP contribution in [-0.4, -0.2) is 28.0 Å². The third-order valence-corrected chi connectivity index (χ3v) is 3.78. The van der Waals surface area contributed by atoms with E-state index in [9.17, 15) is 5.26 Å². The van der Waals surface area contributed by atoms with E-state index in [1.54, 1.807) is 36.1 Å². The number of fused-ring (bicyclic) bond motifs is 1. The van der Waals surface area contributed by atoms with E-state index in [2.05, 4.69) is 33.0 Å². The van der Waals surface area contributed by atoms with E-state index in [4.69, 9.17) is 5.73 Å². The van der Waals surface area contributed by atoms with Gasteiger partial charge in [-0.3, -0.25) is 4.68 Å². The molecule has 24 heavy (non-hydrogen) atoms. The monoisotopic (exact) mass is 319 g/mol. The standard InChI is InChI=1S/C17H17N7/c1-3-14(22-17(19)23-15-5-7-21-24(15)2)12-8-11-4-6-20-16(11)13(9-12)10-18/h3,5,7-9,20H,1,4,6H2,2H3,(H2,19,23)/b22-14+. The highest BCUT2D eigenvalue weighted by molar-refractivity contribution is 6.13. The summed E-state index contributed by atoms with van der Waals surface area (Å²) in [5.41, 5.74) is 9.90. The normalized spacial score (nSPS) is 14.0. The molecule has 7 heteroatoms. The van der Waals surface area contributed by atoms with Gasteiger partial charge in [-0.15, -0.1) is 0 Å². The van der Waals surface area contributed by atoms with Crippen LogP contribution in [0.4, 0.5) is 11.5 Å². The highest BCUT2D eigenvalue weighted by Crippen LogP contribution is 2.28. The number of nitrogens with two attached hydrogens (primary N) is 1. The number of aromatic nitrogens is 2. The number of benzene rings is 1. The fraction of sp³-hybridized carbons (Fsp3) is 0.176. The highest BCUT2D eigenvalue weighted by atomic mass is 15.3. The number of hydrogen-bond donors (Lipinski definition) is 2. The second-order valence-corrected chi connectivity index (χ2v) is 5.33. The number of nitrogens with one attached hydrogen (secondary N) is 1. The molecule has 0 atom stereocenters. The first-order valence-electron chi connectivity index (χ1n) is 7.47. The van der Waals surface area contributed by atoms with Crippen LogP contribution in [-0.2, 0) is 13.5 Å². The van der Waals surface area contributed by atoms with E-state index >= 15 is 0 Å². The van der Waals surface area contributed by atoms with Gasteiger partial charge < -0.3 is 11.1 Å². The maximum Gasteiger partial charge on any atom is 0.222 e. The summed E-state index contributed by atoms with van der Waals surface area (Å²) in [4.78, 5) is 8.57. The van der Waals surface area contributed by atoms with Crippen molar-refractivity contribution in [3.8, 4) is 6.07 Å². The van der Waals surface area contributed by atoms with Crippen molar-refractivity contribution < 1.29 is 0 Å². The molecule has 120 valence electrons. The first kappa shape index (κ1) is 15.5. The summed E-state index contributed by atoms with van der Waals surface area (Å²) in [6.07, 6.45) is 4.12. The van der Waals surface area contributed by atoms with Crippen molar-refractivity contribution >= 4 is 23.2 Å². The maximum atomic E-state index is 9.35. The van der Waals surface area contributed by atoms with Crippen LogP contribution in [0.15, 0.2) is 47.0 Å². The van der Waals surface area contributed by atoms with Gasteiger partial charge in [0.1, 0.15) is 6.07 Å². The van der Waals surface area contributed by atoms with E-state index in [0.717, 1.165) is 29.8 Å². The first-order valence-corrected chi connectivity index (χ1v) is 7.47. The molecule has 0 radical (unpaired) electrons. The summed E-state index contributed by atoms with van der Waals surface area (Å²) in [5.74, 6) is 0.709. The molecule has 1 aromatic carbocycles. The Morgan fingerprint density at radius 2 is 2.38 bits per heavy atom. The van der Waals surface area contributed by atoms with Crippen LogP contribution in [0.25, 0.3) is 0 Å². The molecule has 2 aromatic rings. The molecule has 0 aliphatic carbocycles. The van der Waals surface area contributed by atoms with Crippen LogP contribution in [0.5, 0.6) is 0 Å². The molecule has 0 fully saturated rings. The second-order valence-electron chi connectivity index (χ2n) is 5.33. The number of nitrogens with zero attached hydrogens (tertiary/aromatic N) is 5. The van der Waals surface area contributed by atoms with Gasteiger partial charge in [0, 0.05) is 25.2 Å². The molecule has 7 nitrogen and oxygen atoms in total. The van der Waals surface area contributed by atoms with Crippen molar-refractivity contribution in [2.75, 3.05) is 11.9 Å². The van der Waals surface area contributed by atoms with Crippen LogP contribution in [0, 0.1) is 11.3 Å². The van der Waals surface area contributed by atoms with Crippen LogP contribution in [0.3, 0.4) is 0 Å². The molecule has 0 spiro atoms. The Morgan fingerprint density at radius 1 is 1.54 bits per heavy atom. The molecule has 0 saturated heterocycles. The minimum Gasteiger partial charge on any atom is -0.383 e. The van der Waals surface area contributed by atoms with Gasteiger partial charge in [-0.2, -0.15) is 15.4 Å². The van der Waals surface area contributed by atoms with Gasteiger partial charge in [-0.05, 0) is 30.2 Å². The van der Waals surface area contributed by atoms with E-state index in [-0.39, 0.29) is 5.96 Å². The van der Waals surface area contributed by atoms with Crippen molar-refractivity contribution in [1.82, 2.24) is 9.78 Å². The van der Waals surface area contributed by atoms with E-state index in [1.807, 2.05) is 6.07 Å².